The van der Waals surface area contributed by atoms with Gasteiger partial charge < -0.3 is 28.9 Å². The van der Waals surface area contributed by atoms with Gasteiger partial charge in [0.15, 0.2) is 12.2 Å². The third kappa shape index (κ3) is 5.77. The maximum atomic E-state index is 11.7. The third-order valence-electron chi connectivity index (χ3n) is 2.82. The first-order valence-corrected chi connectivity index (χ1v) is 12.2. The number of thiol groups is 1. The van der Waals surface area contributed by atoms with E-state index in [0.717, 1.165) is 0 Å². The van der Waals surface area contributed by atoms with Crippen LogP contribution in [0.5, 0.6) is 0 Å². The summed E-state index contributed by atoms with van der Waals surface area (Å²) < 4.78 is 61.6. The normalized spacial score (nSPS) is 36.8. The highest BCUT2D eigenvalue weighted by atomic mass is 32.7. The number of hydrogen-bond donors (Lipinski definition) is 4. The van der Waals surface area contributed by atoms with E-state index >= 15 is 0 Å². The molecule has 0 bridgehead atoms. The van der Waals surface area contributed by atoms with Gasteiger partial charge in [-0.05, 0) is 0 Å². The SMILES string of the molecule is BC1OC(COP(=O)(O)OP(=O)(O)OP(=O)(O)S)C2OC(=S)OC12. The van der Waals surface area contributed by atoms with Crippen molar-refractivity contribution >= 4 is 60.0 Å². The van der Waals surface area contributed by atoms with Crippen molar-refractivity contribution in [3.05, 3.63) is 0 Å². The molecule has 0 saturated carbocycles. The minimum Gasteiger partial charge on any atom is -0.448 e. The van der Waals surface area contributed by atoms with Gasteiger partial charge in [0.2, 0.25) is 0 Å². The average Bonchev–Trinajstić information content (AvgIpc) is 2.82. The Bertz CT molecular complexity index is 653. The van der Waals surface area contributed by atoms with Crippen molar-refractivity contribution in [2.45, 2.75) is 24.3 Å². The van der Waals surface area contributed by atoms with Crippen molar-refractivity contribution in [2.75, 3.05) is 6.61 Å². The molecule has 24 heavy (non-hydrogen) atoms. The van der Waals surface area contributed by atoms with Crippen LogP contribution in [0.25, 0.3) is 0 Å². The monoisotopic (exact) mass is 444 g/mol. The third-order valence-corrected chi connectivity index (χ3v) is 7.48. The van der Waals surface area contributed by atoms with Crippen LogP contribution in [0.2, 0.25) is 0 Å². The average molecular weight is 444 g/mol. The molecule has 2 fully saturated rings. The van der Waals surface area contributed by atoms with Crippen LogP contribution in [0.3, 0.4) is 0 Å². The predicted molar refractivity (Wildman–Crippen MR) is 86.1 cm³/mol. The van der Waals surface area contributed by atoms with E-state index in [1.807, 2.05) is 0 Å². The standard InChI is InChI=1S/C6H12BO12P3S2/c7-5-4-3(16-6(23)17-4)2(15-5)1-14-20(8,9)18-21(10,11)19-22(12,13)24/h2-5H,1,7H2,(H,8,9)(H,10,11)(H2,12,13,24). The fraction of sp³-hybridized carbons (Fsp3) is 0.833. The molecule has 2 aliphatic heterocycles. The summed E-state index contributed by atoms with van der Waals surface area (Å²) >= 11 is 7.73. The molecule has 2 aliphatic rings. The molecule has 0 spiro atoms. The van der Waals surface area contributed by atoms with Crippen molar-refractivity contribution in [3.63, 3.8) is 0 Å². The summed E-state index contributed by atoms with van der Waals surface area (Å²) in [6.07, 6.45) is -2.09. The van der Waals surface area contributed by atoms with E-state index in [4.69, 9.17) is 36.2 Å². The van der Waals surface area contributed by atoms with Gasteiger partial charge in [0.25, 0.3) is 0 Å². The van der Waals surface area contributed by atoms with Gasteiger partial charge in [0.05, 0.1) is 12.6 Å². The summed E-state index contributed by atoms with van der Waals surface area (Å²) in [4.78, 5) is 27.3. The Hall–Kier alpha value is 0.515. The number of rotatable bonds is 7. The first-order valence-electron chi connectivity index (χ1n) is 6.09. The molecule has 0 radical (unpaired) electrons. The molecule has 138 valence electrons. The Morgan fingerprint density at radius 1 is 1.12 bits per heavy atom. The molecule has 18 heteroatoms. The van der Waals surface area contributed by atoms with E-state index in [9.17, 15) is 18.6 Å². The Labute approximate surface area is 147 Å². The largest absolute Gasteiger partial charge is 0.488 e. The number of thiocarbonyl (C=S) groups is 1. The second-order valence-corrected chi connectivity index (χ2v) is 11.0. The second-order valence-electron chi connectivity index (χ2n) is 4.68. The van der Waals surface area contributed by atoms with Crippen molar-refractivity contribution in [2.24, 2.45) is 0 Å². The van der Waals surface area contributed by atoms with Crippen LogP contribution in [0.4, 0.5) is 0 Å². The molecule has 0 amide bonds. The highest BCUT2D eigenvalue weighted by molar-refractivity contribution is 8.44. The zero-order valence-electron chi connectivity index (χ0n) is 11.7. The summed E-state index contributed by atoms with van der Waals surface area (Å²) in [5, 5.41) is -0.102. The predicted octanol–water partition coefficient (Wildman–Crippen LogP) is -0.306. The Morgan fingerprint density at radius 3 is 2.29 bits per heavy atom. The first-order chi connectivity index (χ1) is 10.8. The van der Waals surface area contributed by atoms with Gasteiger partial charge in [0.1, 0.15) is 14.0 Å². The molecule has 2 heterocycles. The maximum absolute atomic E-state index is 11.7. The smallest absolute Gasteiger partial charge is 0.448 e. The van der Waals surface area contributed by atoms with E-state index in [0.29, 0.717) is 0 Å². The molecule has 0 aromatic carbocycles. The van der Waals surface area contributed by atoms with Gasteiger partial charge in [-0.25, -0.2) is 13.7 Å². The molecule has 0 aliphatic carbocycles. The summed E-state index contributed by atoms with van der Waals surface area (Å²) in [5.74, 6) is 0. The van der Waals surface area contributed by atoms with Gasteiger partial charge in [-0.15, -0.1) is 0 Å². The van der Waals surface area contributed by atoms with Crippen molar-refractivity contribution in [1.29, 1.82) is 0 Å². The van der Waals surface area contributed by atoms with Gasteiger partial charge in [0, 0.05) is 12.2 Å². The molecule has 7 unspecified atom stereocenters. The zero-order valence-corrected chi connectivity index (χ0v) is 16.1. The molecule has 0 aromatic heterocycles. The van der Waals surface area contributed by atoms with Crippen LogP contribution in [-0.2, 0) is 41.1 Å². The number of phosphoric ester groups is 1. The highest BCUT2D eigenvalue weighted by Crippen LogP contribution is 2.68. The van der Waals surface area contributed by atoms with Crippen LogP contribution in [0, 0.1) is 0 Å². The fourth-order valence-corrected chi connectivity index (χ4v) is 6.15. The van der Waals surface area contributed by atoms with Gasteiger partial charge >= 0.3 is 27.7 Å². The molecular formula is C6H12BO12P3S2. The molecule has 2 rings (SSSR count). The van der Waals surface area contributed by atoms with Crippen molar-refractivity contribution < 1.29 is 55.7 Å². The van der Waals surface area contributed by atoms with Gasteiger partial charge in [-0.2, -0.15) is 8.62 Å². The molecular weight excluding hydrogens is 432 g/mol. The van der Waals surface area contributed by atoms with Crippen molar-refractivity contribution in [3.8, 4) is 0 Å². The summed E-state index contributed by atoms with van der Waals surface area (Å²) in [6, 6.07) is -0.445. The number of fused-ring (bicyclic) bond motifs is 1. The first kappa shape index (κ1) is 20.8. The topological polar surface area (TPSA) is 167 Å². The lowest BCUT2D eigenvalue weighted by molar-refractivity contribution is -0.00369. The quantitative estimate of drug-likeness (QED) is 0.175. The van der Waals surface area contributed by atoms with E-state index in [1.54, 1.807) is 7.85 Å². The Morgan fingerprint density at radius 2 is 1.71 bits per heavy atom. The lowest BCUT2D eigenvalue weighted by Gasteiger charge is -2.19. The van der Waals surface area contributed by atoms with E-state index in [1.165, 1.54) is 0 Å². The zero-order chi connectivity index (χ0) is 18.3. The van der Waals surface area contributed by atoms with Crippen LogP contribution >= 0.6 is 46.9 Å². The minimum absolute atomic E-state index is 0.102. The summed E-state index contributed by atoms with van der Waals surface area (Å²) in [7, 11) is -8.87. The Balaban J connectivity index is 1.93. The minimum atomic E-state index is -5.39. The molecule has 2 saturated heterocycles. The summed E-state index contributed by atoms with van der Waals surface area (Å²) in [5.41, 5.74) is 0. The lowest BCUT2D eigenvalue weighted by Crippen LogP contribution is -2.31. The van der Waals surface area contributed by atoms with Crippen LogP contribution < -0.4 is 0 Å². The molecule has 0 aromatic rings. The number of ether oxygens (including phenoxy) is 3. The number of phosphoric acid groups is 2. The Kier molecular flexibility index (Phi) is 6.30. The fourth-order valence-electron chi connectivity index (χ4n) is 2.07. The van der Waals surface area contributed by atoms with E-state index in [2.05, 4.69) is 25.4 Å². The van der Waals surface area contributed by atoms with E-state index in [-0.39, 0.29) is 5.24 Å². The number of hydrogen-bond acceptors (Lipinski definition) is 10. The maximum Gasteiger partial charge on any atom is 0.488 e. The van der Waals surface area contributed by atoms with Crippen molar-refractivity contribution in [1.82, 2.24) is 0 Å². The van der Waals surface area contributed by atoms with Crippen LogP contribution in [0.1, 0.15) is 0 Å². The van der Waals surface area contributed by atoms with Gasteiger partial charge in [-0.1, -0.05) is 12.2 Å². The second kappa shape index (κ2) is 7.26. The van der Waals surface area contributed by atoms with Crippen LogP contribution in [0.15, 0.2) is 0 Å². The molecule has 7 atom stereocenters. The highest BCUT2D eigenvalue weighted by Gasteiger charge is 2.51. The molecule has 3 N–H and O–H groups in total. The summed E-state index contributed by atoms with van der Waals surface area (Å²) in [6.45, 7) is -5.33. The van der Waals surface area contributed by atoms with Crippen LogP contribution in [-0.4, -0.2) is 58.7 Å². The van der Waals surface area contributed by atoms with E-state index < -0.39 is 53.4 Å². The molecule has 12 nitrogen and oxygen atoms in total. The lowest BCUT2D eigenvalue weighted by atomic mass is 9.93. The van der Waals surface area contributed by atoms with Gasteiger partial charge in [-0.3, -0.25) is 4.52 Å².